The summed E-state index contributed by atoms with van der Waals surface area (Å²) in [7, 11) is 1.87. The van der Waals surface area contributed by atoms with Crippen molar-refractivity contribution in [1.29, 1.82) is 0 Å². The Morgan fingerprint density at radius 3 is 2.60 bits per heavy atom. The van der Waals surface area contributed by atoms with Gasteiger partial charge in [-0.2, -0.15) is 0 Å². The maximum atomic E-state index is 12.5. The van der Waals surface area contributed by atoms with Crippen LogP contribution in [0.25, 0.3) is 10.2 Å². The van der Waals surface area contributed by atoms with E-state index in [1.165, 1.54) is 11.3 Å². The highest BCUT2D eigenvalue weighted by Gasteiger charge is 2.20. The lowest BCUT2D eigenvalue weighted by Crippen LogP contribution is -2.27. The topological polar surface area (TPSA) is 46.1 Å². The Kier molecular flexibility index (Phi) is 4.38. The molecule has 0 unspecified atom stereocenters. The minimum Gasteiger partial charge on any atom is -0.341 e. The fourth-order valence-electron chi connectivity index (χ4n) is 2.35. The van der Waals surface area contributed by atoms with Crippen molar-refractivity contribution < 1.29 is 4.79 Å². The molecule has 1 amide bonds. The summed E-state index contributed by atoms with van der Waals surface area (Å²) < 4.78 is 0. The summed E-state index contributed by atoms with van der Waals surface area (Å²) in [6, 6.07) is 0. The van der Waals surface area contributed by atoms with Crippen LogP contribution in [0.1, 0.15) is 46.5 Å². The summed E-state index contributed by atoms with van der Waals surface area (Å²) >= 11 is 1.48. The largest absolute Gasteiger partial charge is 0.341 e. The van der Waals surface area contributed by atoms with E-state index in [0.29, 0.717) is 0 Å². The van der Waals surface area contributed by atoms with Crippen molar-refractivity contribution in [3.63, 3.8) is 0 Å². The van der Waals surface area contributed by atoms with Crippen molar-refractivity contribution >= 4 is 27.5 Å². The van der Waals surface area contributed by atoms with Gasteiger partial charge in [0.15, 0.2) is 0 Å². The molecule has 0 atom stereocenters. The number of thiophene rings is 1. The zero-order chi connectivity index (χ0) is 14.9. The molecule has 0 fully saturated rings. The molecule has 0 spiro atoms. The van der Waals surface area contributed by atoms with E-state index >= 15 is 0 Å². The first-order valence-electron chi connectivity index (χ1n) is 6.95. The summed E-state index contributed by atoms with van der Waals surface area (Å²) in [5.74, 6) is 0.852. The van der Waals surface area contributed by atoms with Crippen molar-refractivity contribution in [2.45, 2.75) is 40.5 Å². The minimum absolute atomic E-state index is 0.0935. The monoisotopic (exact) mass is 291 g/mol. The first-order valence-corrected chi connectivity index (χ1v) is 7.77. The normalized spacial score (nSPS) is 11.1. The van der Waals surface area contributed by atoms with Crippen LogP contribution in [0, 0.1) is 20.8 Å². The number of fused-ring (bicyclic) bond motifs is 1. The Hall–Kier alpha value is -1.49. The van der Waals surface area contributed by atoms with E-state index in [4.69, 9.17) is 0 Å². The second-order valence-corrected chi connectivity index (χ2v) is 6.17. The average Bonchev–Trinajstić information content (AvgIpc) is 2.72. The zero-order valence-electron chi connectivity index (χ0n) is 12.8. The molecule has 0 radical (unpaired) electrons. The summed E-state index contributed by atoms with van der Waals surface area (Å²) in [5, 5.41) is 1.04. The number of aromatic nitrogens is 2. The van der Waals surface area contributed by atoms with E-state index < -0.39 is 0 Å². The zero-order valence-corrected chi connectivity index (χ0v) is 13.6. The predicted molar refractivity (Wildman–Crippen MR) is 83.5 cm³/mol. The lowest BCUT2D eigenvalue weighted by atomic mass is 10.1. The highest BCUT2D eigenvalue weighted by Crippen LogP contribution is 2.31. The molecule has 0 bridgehead atoms. The molecular formula is C15H21N3OS. The van der Waals surface area contributed by atoms with Gasteiger partial charge in [0.05, 0.1) is 4.88 Å². The van der Waals surface area contributed by atoms with Gasteiger partial charge in [-0.05, 0) is 32.8 Å². The second-order valence-electron chi connectivity index (χ2n) is 5.17. The predicted octanol–water partition coefficient (Wildman–Crippen LogP) is 3.49. The molecule has 20 heavy (non-hydrogen) atoms. The third kappa shape index (κ3) is 2.68. The van der Waals surface area contributed by atoms with Crippen LogP contribution in [0.2, 0.25) is 0 Å². The maximum Gasteiger partial charge on any atom is 0.264 e. The van der Waals surface area contributed by atoms with Crippen molar-refractivity contribution in [3.8, 4) is 0 Å². The number of nitrogens with zero attached hydrogens (tertiary/aromatic N) is 3. The summed E-state index contributed by atoms with van der Waals surface area (Å²) in [6.45, 7) is 8.78. The first-order chi connectivity index (χ1) is 9.45. The van der Waals surface area contributed by atoms with Gasteiger partial charge >= 0.3 is 0 Å². The average molecular weight is 291 g/mol. The standard InChI is InChI=1S/C15H21N3OS/c1-6-7-8-18(5)15(19)13-9(2)12-10(3)16-11(4)17-14(12)20-13/h6-8H2,1-5H3. The Morgan fingerprint density at radius 1 is 1.25 bits per heavy atom. The van der Waals surface area contributed by atoms with Gasteiger partial charge in [0.1, 0.15) is 10.7 Å². The lowest BCUT2D eigenvalue weighted by molar-refractivity contribution is 0.0797. The van der Waals surface area contributed by atoms with Crippen LogP contribution in [-0.2, 0) is 0 Å². The summed E-state index contributed by atoms with van der Waals surface area (Å²) in [5.41, 5.74) is 1.97. The van der Waals surface area contributed by atoms with Gasteiger partial charge in [0.25, 0.3) is 5.91 Å². The second kappa shape index (κ2) is 5.87. The molecule has 0 N–H and O–H groups in total. The van der Waals surface area contributed by atoms with E-state index in [1.807, 2.05) is 27.8 Å². The quantitative estimate of drug-likeness (QED) is 0.866. The fourth-order valence-corrected chi connectivity index (χ4v) is 3.62. The molecule has 108 valence electrons. The number of carbonyl (C=O) groups is 1. The van der Waals surface area contributed by atoms with Gasteiger partial charge in [0.2, 0.25) is 0 Å². The van der Waals surface area contributed by atoms with Crippen LogP contribution in [0.15, 0.2) is 0 Å². The SMILES string of the molecule is CCCCN(C)C(=O)c1sc2nc(C)nc(C)c2c1C. The van der Waals surface area contributed by atoms with Gasteiger partial charge in [-0.1, -0.05) is 13.3 Å². The van der Waals surface area contributed by atoms with Crippen LogP contribution >= 0.6 is 11.3 Å². The number of unbranched alkanes of at least 4 members (excludes halogenated alkanes) is 1. The highest BCUT2D eigenvalue weighted by atomic mass is 32.1. The van der Waals surface area contributed by atoms with Crippen LogP contribution in [0.5, 0.6) is 0 Å². The lowest BCUT2D eigenvalue weighted by Gasteiger charge is -2.16. The van der Waals surface area contributed by atoms with Gasteiger partial charge in [-0.3, -0.25) is 4.79 Å². The molecule has 4 nitrogen and oxygen atoms in total. The van der Waals surface area contributed by atoms with E-state index in [-0.39, 0.29) is 5.91 Å². The van der Waals surface area contributed by atoms with Crippen LogP contribution in [0.3, 0.4) is 0 Å². The molecule has 5 heteroatoms. The number of rotatable bonds is 4. The summed E-state index contributed by atoms with van der Waals surface area (Å²) in [6.07, 6.45) is 2.12. The number of aryl methyl sites for hydroxylation is 3. The minimum atomic E-state index is 0.0935. The van der Waals surface area contributed by atoms with Crippen molar-refractivity contribution in [2.75, 3.05) is 13.6 Å². The van der Waals surface area contributed by atoms with E-state index in [0.717, 1.165) is 51.6 Å². The number of amides is 1. The smallest absolute Gasteiger partial charge is 0.264 e. The van der Waals surface area contributed by atoms with Crippen LogP contribution in [0.4, 0.5) is 0 Å². The third-order valence-corrected chi connectivity index (χ3v) is 4.64. The molecule has 2 rings (SSSR count). The first kappa shape index (κ1) is 14.9. The molecule has 0 aliphatic rings. The van der Waals surface area contributed by atoms with E-state index in [1.54, 1.807) is 4.90 Å². The van der Waals surface area contributed by atoms with E-state index in [9.17, 15) is 4.79 Å². The number of hydrogen-bond donors (Lipinski definition) is 0. The van der Waals surface area contributed by atoms with Crippen molar-refractivity contribution in [3.05, 3.63) is 22.0 Å². The van der Waals surface area contributed by atoms with Gasteiger partial charge in [-0.25, -0.2) is 9.97 Å². The molecule has 2 aromatic rings. The number of carbonyl (C=O) groups excluding carboxylic acids is 1. The Morgan fingerprint density at radius 2 is 1.95 bits per heavy atom. The van der Waals surface area contributed by atoms with Crippen LogP contribution < -0.4 is 0 Å². The Bertz CT molecular complexity index is 648. The van der Waals surface area contributed by atoms with Gasteiger partial charge < -0.3 is 4.90 Å². The molecule has 0 saturated heterocycles. The van der Waals surface area contributed by atoms with Crippen LogP contribution in [-0.4, -0.2) is 34.4 Å². The Labute approximate surface area is 123 Å². The molecule has 0 aliphatic heterocycles. The Balaban J connectivity index is 2.43. The summed E-state index contributed by atoms with van der Waals surface area (Å²) in [4.78, 5) is 24.9. The van der Waals surface area contributed by atoms with E-state index in [2.05, 4.69) is 16.9 Å². The van der Waals surface area contributed by atoms with Crippen molar-refractivity contribution in [2.24, 2.45) is 0 Å². The third-order valence-electron chi connectivity index (χ3n) is 3.47. The van der Waals surface area contributed by atoms with Gasteiger partial charge in [0, 0.05) is 24.7 Å². The molecule has 0 saturated carbocycles. The molecule has 2 aromatic heterocycles. The maximum absolute atomic E-state index is 12.5. The molecule has 2 heterocycles. The fraction of sp³-hybridized carbons (Fsp3) is 0.533. The molecule has 0 aliphatic carbocycles. The molecule has 0 aromatic carbocycles. The molecular weight excluding hydrogens is 270 g/mol. The highest BCUT2D eigenvalue weighted by molar-refractivity contribution is 7.20. The van der Waals surface area contributed by atoms with Gasteiger partial charge in [-0.15, -0.1) is 11.3 Å². The van der Waals surface area contributed by atoms with Crippen molar-refractivity contribution in [1.82, 2.24) is 14.9 Å². The number of hydrogen-bond acceptors (Lipinski definition) is 4.